The van der Waals surface area contributed by atoms with Crippen molar-refractivity contribution in [2.24, 2.45) is 0 Å². The van der Waals surface area contributed by atoms with Gasteiger partial charge in [0.05, 0.1) is 0 Å². The number of rotatable bonds is 2. The van der Waals surface area contributed by atoms with Crippen molar-refractivity contribution in [1.29, 1.82) is 0 Å². The minimum atomic E-state index is -2.72. The van der Waals surface area contributed by atoms with Crippen molar-refractivity contribution < 1.29 is 15.3 Å². The molecule has 0 saturated heterocycles. The van der Waals surface area contributed by atoms with Gasteiger partial charge >= 0.3 is 5.97 Å². The normalized spacial score (nSPS) is 14.0. The molecule has 0 bridgehead atoms. The van der Waals surface area contributed by atoms with Gasteiger partial charge in [0.15, 0.2) is 3.23 Å². The predicted molar refractivity (Wildman–Crippen MR) is 40.3 cm³/mol. The van der Waals surface area contributed by atoms with Crippen molar-refractivity contribution in [1.82, 2.24) is 0 Å². The lowest BCUT2D eigenvalue weighted by Gasteiger charge is -2.27. The summed E-state index contributed by atoms with van der Waals surface area (Å²) in [6.45, 7) is 1.68. The smallest absolute Gasteiger partial charge is 0.302 e. The summed E-state index contributed by atoms with van der Waals surface area (Å²) in [7, 11) is 0. The summed E-state index contributed by atoms with van der Waals surface area (Å²) in [6.07, 6.45) is 0.344. The van der Waals surface area contributed by atoms with Gasteiger partial charge in [-0.1, -0.05) is 38.8 Å². The molecule has 0 amide bonds. The molecule has 0 spiro atoms. The zero-order valence-corrected chi connectivity index (χ0v) is 7.98. The molecule has 3 nitrogen and oxygen atoms in total. The number of halogens is 2. The Morgan fingerprint density at radius 3 is 1.56 bits per heavy atom. The fraction of sp³-hybridized carbons (Fsp3) is 1.00. The summed E-state index contributed by atoms with van der Waals surface area (Å²) in [6, 6.07) is 0. The van der Waals surface area contributed by atoms with E-state index in [1.165, 1.54) is 0 Å². The van der Waals surface area contributed by atoms with Gasteiger partial charge in [0.25, 0.3) is 0 Å². The maximum absolute atomic E-state index is 8.56. The summed E-state index contributed by atoms with van der Waals surface area (Å²) in [5.41, 5.74) is 0. The fourth-order valence-corrected chi connectivity index (χ4v) is 0.237. The molecule has 56 valence electrons. The molecule has 0 atom stereocenters. The Hall–Kier alpha value is 0.840. The molecular formula is C4H8Br2O3. The second-order valence-corrected chi connectivity index (χ2v) is 5.47. The number of hydrogen-bond donors (Lipinski definition) is 3. The molecule has 0 radical (unpaired) electrons. The Balaban J connectivity index is 4.14. The first-order valence-corrected chi connectivity index (χ1v) is 3.95. The van der Waals surface area contributed by atoms with Crippen molar-refractivity contribution >= 4 is 31.9 Å². The topological polar surface area (TPSA) is 60.7 Å². The van der Waals surface area contributed by atoms with E-state index in [0.717, 1.165) is 0 Å². The van der Waals surface area contributed by atoms with Crippen molar-refractivity contribution in [3.05, 3.63) is 0 Å². The van der Waals surface area contributed by atoms with E-state index >= 15 is 0 Å². The van der Waals surface area contributed by atoms with Crippen LogP contribution in [-0.2, 0) is 0 Å². The van der Waals surface area contributed by atoms with Gasteiger partial charge in [-0.15, -0.1) is 0 Å². The zero-order chi connectivity index (χ0) is 7.71. The summed E-state index contributed by atoms with van der Waals surface area (Å²) in [5, 5.41) is 25.7. The second-order valence-electron chi connectivity index (χ2n) is 1.69. The van der Waals surface area contributed by atoms with Crippen LogP contribution in [0.15, 0.2) is 0 Å². The Morgan fingerprint density at radius 1 is 1.22 bits per heavy atom. The molecule has 3 N–H and O–H groups in total. The van der Waals surface area contributed by atoms with E-state index in [0.29, 0.717) is 6.42 Å². The molecule has 0 unspecified atom stereocenters. The van der Waals surface area contributed by atoms with Gasteiger partial charge < -0.3 is 15.3 Å². The van der Waals surface area contributed by atoms with Crippen LogP contribution in [0.4, 0.5) is 0 Å². The summed E-state index contributed by atoms with van der Waals surface area (Å²) < 4.78 is -1.23. The van der Waals surface area contributed by atoms with Crippen LogP contribution in [0.3, 0.4) is 0 Å². The van der Waals surface area contributed by atoms with Gasteiger partial charge in [0.1, 0.15) is 0 Å². The van der Waals surface area contributed by atoms with E-state index in [9.17, 15) is 0 Å². The molecule has 0 fully saturated rings. The standard InChI is InChI=1S/C4H8Br2O3/c1-2-3(5,6)4(7,8)9/h7-9H,2H2,1H3. The van der Waals surface area contributed by atoms with E-state index in [4.69, 9.17) is 15.3 Å². The highest BCUT2D eigenvalue weighted by Gasteiger charge is 2.43. The molecule has 0 aliphatic carbocycles. The van der Waals surface area contributed by atoms with Crippen molar-refractivity contribution in [2.45, 2.75) is 22.6 Å². The average Bonchev–Trinajstić information content (AvgIpc) is 1.64. The Kier molecular flexibility index (Phi) is 3.10. The Morgan fingerprint density at radius 2 is 1.56 bits per heavy atom. The highest BCUT2D eigenvalue weighted by molar-refractivity contribution is 9.25. The monoisotopic (exact) mass is 262 g/mol. The largest absolute Gasteiger partial charge is 0.342 e. The number of hydrogen-bond acceptors (Lipinski definition) is 3. The van der Waals surface area contributed by atoms with Crippen LogP contribution in [0.2, 0.25) is 0 Å². The van der Waals surface area contributed by atoms with E-state index in [-0.39, 0.29) is 0 Å². The van der Waals surface area contributed by atoms with Gasteiger partial charge in [-0.3, -0.25) is 0 Å². The summed E-state index contributed by atoms with van der Waals surface area (Å²) in [4.78, 5) is 0. The molecular weight excluding hydrogens is 256 g/mol. The molecule has 0 heterocycles. The van der Waals surface area contributed by atoms with Crippen LogP contribution in [0.5, 0.6) is 0 Å². The first-order chi connectivity index (χ1) is 3.81. The van der Waals surface area contributed by atoms with Gasteiger partial charge in [-0.2, -0.15) is 0 Å². The summed E-state index contributed by atoms with van der Waals surface area (Å²) >= 11 is 5.74. The molecule has 0 rings (SSSR count). The maximum atomic E-state index is 8.56. The third-order valence-corrected chi connectivity index (χ3v) is 3.12. The lowest BCUT2D eigenvalue weighted by atomic mass is 10.3. The number of alkyl halides is 2. The van der Waals surface area contributed by atoms with Crippen molar-refractivity contribution in [2.75, 3.05) is 0 Å². The average molecular weight is 264 g/mol. The van der Waals surface area contributed by atoms with Crippen molar-refractivity contribution in [3.63, 3.8) is 0 Å². The van der Waals surface area contributed by atoms with Crippen LogP contribution in [0.1, 0.15) is 13.3 Å². The first kappa shape index (κ1) is 9.84. The third kappa shape index (κ3) is 2.51. The predicted octanol–water partition coefficient (Wildman–Crippen LogP) is 0.513. The van der Waals surface area contributed by atoms with E-state index in [1.54, 1.807) is 6.92 Å². The van der Waals surface area contributed by atoms with Crippen LogP contribution in [-0.4, -0.2) is 24.5 Å². The molecule has 9 heavy (non-hydrogen) atoms. The van der Waals surface area contributed by atoms with Gasteiger partial charge in [0.2, 0.25) is 0 Å². The summed E-state index contributed by atoms with van der Waals surface area (Å²) in [5.74, 6) is -2.72. The van der Waals surface area contributed by atoms with Crippen LogP contribution < -0.4 is 0 Å². The minimum Gasteiger partial charge on any atom is -0.342 e. The maximum Gasteiger partial charge on any atom is 0.302 e. The molecule has 0 aromatic carbocycles. The number of aliphatic hydroxyl groups is 3. The van der Waals surface area contributed by atoms with Crippen molar-refractivity contribution in [3.8, 4) is 0 Å². The van der Waals surface area contributed by atoms with E-state index < -0.39 is 9.21 Å². The van der Waals surface area contributed by atoms with Gasteiger partial charge in [-0.25, -0.2) is 0 Å². The van der Waals surface area contributed by atoms with Crippen LogP contribution in [0.25, 0.3) is 0 Å². The van der Waals surface area contributed by atoms with Gasteiger partial charge in [-0.05, 0) is 6.42 Å². The van der Waals surface area contributed by atoms with Crippen LogP contribution in [0, 0.1) is 0 Å². The molecule has 5 heteroatoms. The Labute approximate surface area is 70.0 Å². The quantitative estimate of drug-likeness (QED) is 0.503. The van der Waals surface area contributed by atoms with Gasteiger partial charge in [0, 0.05) is 0 Å². The lowest BCUT2D eigenvalue weighted by molar-refractivity contribution is -0.314. The molecule has 0 aromatic heterocycles. The SMILES string of the molecule is CCC(Br)(Br)C(O)(O)O. The molecule has 0 aromatic rings. The minimum absolute atomic E-state index is 0.344. The Bertz CT molecular complexity index is 96.5. The highest BCUT2D eigenvalue weighted by atomic mass is 79.9. The first-order valence-electron chi connectivity index (χ1n) is 2.36. The highest BCUT2D eigenvalue weighted by Crippen LogP contribution is 2.37. The fourth-order valence-electron chi connectivity index (χ4n) is 0.237. The molecule has 0 saturated carbocycles. The van der Waals surface area contributed by atoms with E-state index in [2.05, 4.69) is 31.9 Å². The van der Waals surface area contributed by atoms with Crippen LogP contribution >= 0.6 is 31.9 Å². The van der Waals surface area contributed by atoms with E-state index in [1.807, 2.05) is 0 Å². The second kappa shape index (κ2) is 2.84. The molecule has 0 aliphatic heterocycles. The third-order valence-electron chi connectivity index (χ3n) is 0.935. The molecule has 0 aliphatic rings. The zero-order valence-electron chi connectivity index (χ0n) is 4.80. The lowest BCUT2D eigenvalue weighted by Crippen LogP contribution is -2.44.